The number of nitrogens with one attached hydrogen (secondary N) is 1. The zero-order valence-electron chi connectivity index (χ0n) is 16.6. The first-order valence-electron chi connectivity index (χ1n) is 10.1. The number of fused-ring (bicyclic) bond motifs is 2. The van der Waals surface area contributed by atoms with E-state index in [-0.39, 0.29) is 0 Å². The summed E-state index contributed by atoms with van der Waals surface area (Å²) in [6.07, 6.45) is 4.05. The molecule has 2 aromatic carbocycles. The Hall–Kier alpha value is -2.31. The van der Waals surface area contributed by atoms with Crippen LogP contribution in [0.5, 0.6) is 5.75 Å². The molecule has 0 fully saturated rings. The van der Waals surface area contributed by atoms with Gasteiger partial charge in [0.05, 0.1) is 0 Å². The van der Waals surface area contributed by atoms with Gasteiger partial charge < -0.3 is 14.8 Å². The molecular weight excluding hydrogens is 416 g/mol. The number of hydrogen-bond donors (Lipinski definition) is 2. The molecule has 154 valence electrons. The number of hydrogen-bond acceptors (Lipinski definition) is 4. The number of benzene rings is 2. The molecule has 4 aromatic rings. The van der Waals surface area contributed by atoms with Gasteiger partial charge in [-0.15, -0.1) is 11.3 Å². The van der Waals surface area contributed by atoms with Crippen LogP contribution in [0, 0.1) is 0 Å². The maximum atomic E-state index is 10.5. The highest BCUT2D eigenvalue weighted by Gasteiger charge is 2.28. The number of aromatic amines is 1. The van der Waals surface area contributed by atoms with Gasteiger partial charge in [0.2, 0.25) is 0 Å². The lowest BCUT2D eigenvalue weighted by atomic mass is 10.0. The van der Waals surface area contributed by atoms with Gasteiger partial charge in [0.25, 0.3) is 0 Å². The first-order valence-corrected chi connectivity index (χ1v) is 11.4. The summed E-state index contributed by atoms with van der Waals surface area (Å²) < 4.78 is 6.31. The Morgan fingerprint density at radius 2 is 2.10 bits per heavy atom. The van der Waals surface area contributed by atoms with Gasteiger partial charge in [-0.3, -0.25) is 4.90 Å². The van der Waals surface area contributed by atoms with Gasteiger partial charge >= 0.3 is 0 Å². The van der Waals surface area contributed by atoms with E-state index >= 15 is 0 Å². The minimum absolute atomic E-state index is 0.405. The van der Waals surface area contributed by atoms with Crippen molar-refractivity contribution in [2.75, 3.05) is 13.1 Å². The number of aromatic nitrogens is 1. The molecule has 3 heterocycles. The average molecular weight is 439 g/mol. The van der Waals surface area contributed by atoms with Crippen molar-refractivity contribution in [3.8, 4) is 5.75 Å². The molecule has 0 bridgehead atoms. The second kappa shape index (κ2) is 8.08. The van der Waals surface area contributed by atoms with Crippen LogP contribution in [0.15, 0.2) is 60.1 Å². The third-order valence-corrected chi connectivity index (χ3v) is 7.00. The first kappa shape index (κ1) is 19.6. The Balaban J connectivity index is 1.38. The highest BCUT2D eigenvalue weighted by Crippen LogP contribution is 2.36. The van der Waals surface area contributed by atoms with Crippen LogP contribution in [0.25, 0.3) is 27.2 Å². The molecule has 2 N–H and O–H groups in total. The average Bonchev–Trinajstić information content (AvgIpc) is 3.39. The Labute approximate surface area is 184 Å². The van der Waals surface area contributed by atoms with E-state index in [0.717, 1.165) is 41.2 Å². The van der Waals surface area contributed by atoms with Crippen molar-refractivity contribution in [1.82, 2.24) is 9.88 Å². The third-order valence-electron chi connectivity index (χ3n) is 5.67. The van der Waals surface area contributed by atoms with Gasteiger partial charge in [0, 0.05) is 45.5 Å². The lowest BCUT2D eigenvalue weighted by molar-refractivity contribution is -0.0528. The second-order valence-corrected chi connectivity index (χ2v) is 9.03. The van der Waals surface area contributed by atoms with Crippen LogP contribution >= 0.6 is 22.9 Å². The molecule has 6 heteroatoms. The zero-order valence-corrected chi connectivity index (χ0v) is 18.2. The number of aliphatic hydroxyl groups is 1. The number of H-pyrrole nitrogens is 1. The number of thiophene rings is 1. The molecule has 4 nitrogen and oxygen atoms in total. The summed E-state index contributed by atoms with van der Waals surface area (Å²) in [5.41, 5.74) is 2.37. The Morgan fingerprint density at radius 1 is 1.20 bits per heavy atom. The highest BCUT2D eigenvalue weighted by molar-refractivity contribution is 7.12. The van der Waals surface area contributed by atoms with Gasteiger partial charge in [0.15, 0.2) is 6.23 Å². The van der Waals surface area contributed by atoms with Crippen molar-refractivity contribution in [2.24, 2.45) is 0 Å². The molecule has 0 amide bonds. The highest BCUT2D eigenvalue weighted by atomic mass is 35.5. The molecule has 0 spiro atoms. The number of nitrogens with zero attached hydrogens (tertiary/aromatic N) is 1. The molecular formula is C24H23ClN2O2S. The van der Waals surface area contributed by atoms with Gasteiger partial charge in [-0.25, -0.2) is 0 Å². The van der Waals surface area contributed by atoms with Gasteiger partial charge in [-0.05, 0) is 60.0 Å². The molecule has 0 aliphatic carbocycles. The van der Waals surface area contributed by atoms with Gasteiger partial charge in [0.1, 0.15) is 11.9 Å². The predicted octanol–water partition coefficient (Wildman–Crippen LogP) is 5.91. The quantitative estimate of drug-likeness (QED) is 0.407. The zero-order chi connectivity index (χ0) is 20.7. The summed E-state index contributed by atoms with van der Waals surface area (Å²) in [4.78, 5) is 6.70. The van der Waals surface area contributed by atoms with E-state index in [9.17, 15) is 5.11 Å². The lowest BCUT2D eigenvalue weighted by Crippen LogP contribution is -2.48. The fourth-order valence-corrected chi connectivity index (χ4v) is 5.42. The molecule has 1 aliphatic heterocycles. The Kier molecular flexibility index (Phi) is 5.29. The molecule has 5 rings (SSSR count). The summed E-state index contributed by atoms with van der Waals surface area (Å²) in [6, 6.07) is 14.0. The van der Waals surface area contributed by atoms with Crippen LogP contribution in [-0.2, 0) is 0 Å². The Bertz CT molecular complexity index is 1230. The molecule has 1 aliphatic rings. The number of rotatable bonds is 5. The van der Waals surface area contributed by atoms with Crippen LogP contribution < -0.4 is 4.74 Å². The Morgan fingerprint density at radius 3 is 2.90 bits per heavy atom. The normalized spacial score (nSPS) is 17.2. The van der Waals surface area contributed by atoms with Crippen LogP contribution in [0.3, 0.4) is 0 Å². The maximum Gasteiger partial charge on any atom is 0.178 e. The van der Waals surface area contributed by atoms with E-state index in [1.54, 1.807) is 18.3 Å². The fourth-order valence-electron chi connectivity index (χ4n) is 4.15. The minimum atomic E-state index is -0.615. The van der Waals surface area contributed by atoms with Crippen LogP contribution in [0.1, 0.15) is 18.2 Å². The smallest absolute Gasteiger partial charge is 0.178 e. The topological polar surface area (TPSA) is 48.5 Å². The van der Waals surface area contributed by atoms with Crippen LogP contribution in [0.4, 0.5) is 0 Å². The van der Waals surface area contributed by atoms with Crippen LogP contribution in [-0.4, -0.2) is 40.4 Å². The van der Waals surface area contributed by atoms with Crippen molar-refractivity contribution in [3.63, 3.8) is 0 Å². The SMILES string of the molecule is CC(O)C(Oc1cccc2[nH]ccc12)N1CC=C(c2scc3ccc(Cl)cc23)CC1. The monoisotopic (exact) mass is 438 g/mol. The minimum Gasteiger partial charge on any atom is -0.472 e. The predicted molar refractivity (Wildman–Crippen MR) is 125 cm³/mol. The van der Waals surface area contributed by atoms with E-state index in [0.29, 0.717) is 0 Å². The largest absolute Gasteiger partial charge is 0.472 e. The summed E-state index contributed by atoms with van der Waals surface area (Å²) in [5, 5.41) is 16.9. The molecule has 2 atom stereocenters. The van der Waals surface area contributed by atoms with Crippen molar-refractivity contribution < 1.29 is 9.84 Å². The first-order chi connectivity index (χ1) is 14.6. The lowest BCUT2D eigenvalue weighted by Gasteiger charge is -2.35. The molecule has 0 radical (unpaired) electrons. The maximum absolute atomic E-state index is 10.5. The fraction of sp³-hybridized carbons (Fsp3) is 0.250. The molecule has 2 unspecified atom stereocenters. The summed E-state index contributed by atoms with van der Waals surface area (Å²) >= 11 is 8.00. The van der Waals surface area contributed by atoms with Crippen molar-refractivity contribution >= 4 is 50.2 Å². The third kappa shape index (κ3) is 3.63. The van der Waals surface area contributed by atoms with Crippen LogP contribution in [0.2, 0.25) is 5.02 Å². The second-order valence-electron chi connectivity index (χ2n) is 7.71. The van der Waals surface area contributed by atoms with Crippen molar-refractivity contribution in [2.45, 2.75) is 25.7 Å². The molecule has 0 saturated heterocycles. The van der Waals surface area contributed by atoms with E-state index in [2.05, 4.69) is 33.5 Å². The number of aliphatic hydroxyl groups excluding tert-OH is 1. The molecule has 0 saturated carbocycles. The summed E-state index contributed by atoms with van der Waals surface area (Å²) in [7, 11) is 0. The standard InChI is InChI=1S/C24H23ClN2O2S/c1-15(28)24(29-22-4-2-3-21-19(22)7-10-26-21)27-11-8-16(9-12-27)23-20-13-18(25)6-5-17(20)14-30-23/h2-8,10,13-15,24,26,28H,9,11-12H2,1H3. The summed E-state index contributed by atoms with van der Waals surface area (Å²) in [6.45, 7) is 3.34. The molecule has 30 heavy (non-hydrogen) atoms. The van der Waals surface area contributed by atoms with Gasteiger partial charge in [-0.2, -0.15) is 0 Å². The van der Waals surface area contributed by atoms with Gasteiger partial charge in [-0.1, -0.05) is 29.8 Å². The van der Waals surface area contributed by atoms with E-state index in [1.165, 1.54) is 21.2 Å². The van der Waals surface area contributed by atoms with E-state index < -0.39 is 12.3 Å². The van der Waals surface area contributed by atoms with Crippen molar-refractivity contribution in [1.29, 1.82) is 0 Å². The number of ether oxygens (including phenoxy) is 1. The summed E-state index contributed by atoms with van der Waals surface area (Å²) in [5.74, 6) is 0.785. The number of halogens is 1. The molecule has 2 aromatic heterocycles. The van der Waals surface area contributed by atoms with E-state index in [4.69, 9.17) is 16.3 Å². The van der Waals surface area contributed by atoms with E-state index in [1.807, 2.05) is 36.5 Å². The van der Waals surface area contributed by atoms with Crippen molar-refractivity contribution in [3.05, 3.63) is 70.0 Å².